The van der Waals surface area contributed by atoms with Crippen molar-refractivity contribution in [3.8, 4) is 0 Å². The summed E-state index contributed by atoms with van der Waals surface area (Å²) >= 11 is 1.89. The molecule has 0 aromatic heterocycles. The van der Waals surface area contributed by atoms with Crippen molar-refractivity contribution >= 4 is 23.6 Å². The molecular weight excluding hydrogens is 272 g/mol. The van der Waals surface area contributed by atoms with E-state index in [-0.39, 0.29) is 23.3 Å². The lowest BCUT2D eigenvalue weighted by molar-refractivity contribution is -0.138. The number of thioether (sulfide) groups is 1. The van der Waals surface area contributed by atoms with E-state index < -0.39 is 6.04 Å². The third kappa shape index (κ3) is 4.69. The molecule has 2 atom stereocenters. The number of amides is 2. The molecular formula is C15H28N2O2S. The van der Waals surface area contributed by atoms with Crippen LogP contribution >= 0.6 is 11.8 Å². The summed E-state index contributed by atoms with van der Waals surface area (Å²) in [5.74, 6) is 2.21. The second-order valence-corrected chi connectivity index (χ2v) is 7.88. The zero-order chi connectivity index (χ0) is 15.3. The van der Waals surface area contributed by atoms with Crippen LogP contribution in [0.5, 0.6) is 0 Å². The third-order valence-electron chi connectivity index (χ3n) is 3.70. The first-order chi connectivity index (χ1) is 9.27. The van der Waals surface area contributed by atoms with Gasteiger partial charge in [0.25, 0.3) is 0 Å². The van der Waals surface area contributed by atoms with E-state index >= 15 is 0 Å². The van der Waals surface area contributed by atoms with Crippen LogP contribution in [0.3, 0.4) is 0 Å². The maximum absolute atomic E-state index is 12.7. The predicted molar refractivity (Wildman–Crippen MR) is 84.8 cm³/mol. The zero-order valence-electron chi connectivity index (χ0n) is 13.4. The lowest BCUT2D eigenvalue weighted by Crippen LogP contribution is -2.53. The number of hydrogen-bond donors (Lipinski definition) is 1. The van der Waals surface area contributed by atoms with Gasteiger partial charge in [0.2, 0.25) is 11.8 Å². The molecule has 1 aliphatic heterocycles. The predicted octanol–water partition coefficient (Wildman–Crippen LogP) is 2.28. The van der Waals surface area contributed by atoms with E-state index in [9.17, 15) is 9.59 Å². The minimum atomic E-state index is -0.418. The fourth-order valence-electron chi connectivity index (χ4n) is 2.37. The number of carbonyl (C=O) groups excluding carboxylic acids is 2. The van der Waals surface area contributed by atoms with Crippen LogP contribution in [0.15, 0.2) is 0 Å². The molecule has 2 unspecified atom stereocenters. The van der Waals surface area contributed by atoms with Crippen LogP contribution in [0.4, 0.5) is 0 Å². The van der Waals surface area contributed by atoms with Crippen LogP contribution in [0.25, 0.3) is 0 Å². The second kappa shape index (κ2) is 7.34. The summed E-state index contributed by atoms with van der Waals surface area (Å²) in [6.07, 6.45) is 1.39. The summed E-state index contributed by atoms with van der Waals surface area (Å²) in [5, 5.41) is 2.89. The topological polar surface area (TPSA) is 49.4 Å². The summed E-state index contributed by atoms with van der Waals surface area (Å²) in [4.78, 5) is 26.4. The quantitative estimate of drug-likeness (QED) is 0.793. The molecule has 1 aliphatic rings. The van der Waals surface area contributed by atoms with Crippen LogP contribution in [-0.4, -0.2) is 46.8 Å². The molecule has 1 fully saturated rings. The molecule has 5 heteroatoms. The Kier molecular flexibility index (Phi) is 6.37. The summed E-state index contributed by atoms with van der Waals surface area (Å²) in [7, 11) is 0. The minimum Gasteiger partial charge on any atom is -0.344 e. The summed E-state index contributed by atoms with van der Waals surface area (Å²) in [5.41, 5.74) is -0.257. The third-order valence-corrected chi connectivity index (χ3v) is 4.63. The summed E-state index contributed by atoms with van der Waals surface area (Å²) in [6, 6.07) is -0.224. The minimum absolute atomic E-state index is 0.0177. The largest absolute Gasteiger partial charge is 0.344 e. The number of carbonyl (C=O) groups is 2. The van der Waals surface area contributed by atoms with E-state index in [2.05, 4.69) is 19.2 Å². The molecule has 4 nitrogen and oxygen atoms in total. The van der Waals surface area contributed by atoms with Crippen molar-refractivity contribution in [2.24, 2.45) is 5.41 Å². The molecule has 116 valence electrons. The van der Waals surface area contributed by atoms with E-state index in [1.165, 1.54) is 0 Å². The Labute approximate surface area is 127 Å². The number of hydrogen-bond acceptors (Lipinski definition) is 3. The van der Waals surface area contributed by atoms with Crippen molar-refractivity contribution in [1.82, 2.24) is 10.2 Å². The first-order valence-electron chi connectivity index (χ1n) is 7.45. The van der Waals surface area contributed by atoms with Gasteiger partial charge in [-0.15, -0.1) is 0 Å². The monoisotopic (exact) mass is 300 g/mol. The van der Waals surface area contributed by atoms with Crippen molar-refractivity contribution in [3.63, 3.8) is 0 Å². The number of nitrogens with zero attached hydrogens (tertiary/aromatic N) is 1. The fraction of sp³-hybridized carbons (Fsp3) is 0.867. The van der Waals surface area contributed by atoms with Gasteiger partial charge in [-0.1, -0.05) is 27.7 Å². The Morgan fingerprint density at radius 1 is 1.40 bits per heavy atom. The van der Waals surface area contributed by atoms with Crippen molar-refractivity contribution < 1.29 is 9.59 Å². The van der Waals surface area contributed by atoms with Gasteiger partial charge in [0.1, 0.15) is 6.04 Å². The highest BCUT2D eigenvalue weighted by Gasteiger charge is 2.39. The Hall–Kier alpha value is -0.710. The average molecular weight is 300 g/mol. The highest BCUT2D eigenvalue weighted by molar-refractivity contribution is 7.99. The molecule has 1 saturated heterocycles. The Balaban J connectivity index is 2.79. The molecule has 0 radical (unpaired) electrons. The Bertz CT molecular complexity index is 352. The van der Waals surface area contributed by atoms with E-state index in [1.54, 1.807) is 0 Å². The lowest BCUT2D eigenvalue weighted by atomic mass is 9.85. The molecule has 0 aromatic rings. The average Bonchev–Trinajstić information content (AvgIpc) is 2.49. The van der Waals surface area contributed by atoms with E-state index in [1.807, 2.05) is 37.4 Å². The van der Waals surface area contributed by atoms with Crippen LogP contribution in [0.2, 0.25) is 0 Å². The SMILES string of the molecule is CCSCCC(C)N1CCC(=O)NC(C(C)(C)C)C1=O. The van der Waals surface area contributed by atoms with Gasteiger partial charge >= 0.3 is 0 Å². The summed E-state index contributed by atoms with van der Waals surface area (Å²) in [6.45, 7) is 10.8. The highest BCUT2D eigenvalue weighted by Crippen LogP contribution is 2.24. The van der Waals surface area contributed by atoms with Crippen molar-refractivity contribution in [2.75, 3.05) is 18.1 Å². The van der Waals surface area contributed by atoms with Gasteiger partial charge in [0.15, 0.2) is 0 Å². The van der Waals surface area contributed by atoms with Gasteiger partial charge < -0.3 is 10.2 Å². The molecule has 0 aromatic carbocycles. The van der Waals surface area contributed by atoms with Gasteiger partial charge in [0, 0.05) is 19.0 Å². The standard InChI is InChI=1S/C15H28N2O2S/c1-6-20-10-8-11(2)17-9-7-12(18)16-13(14(17)19)15(3,4)5/h11,13H,6-10H2,1-5H3,(H,16,18). The zero-order valence-corrected chi connectivity index (χ0v) is 14.2. The first-order valence-corrected chi connectivity index (χ1v) is 8.60. The van der Waals surface area contributed by atoms with Gasteiger partial charge in [-0.25, -0.2) is 0 Å². The highest BCUT2D eigenvalue weighted by atomic mass is 32.2. The molecule has 1 rings (SSSR count). The lowest BCUT2D eigenvalue weighted by Gasteiger charge is -2.35. The van der Waals surface area contributed by atoms with Crippen LogP contribution in [0.1, 0.15) is 47.5 Å². The summed E-state index contributed by atoms with van der Waals surface area (Å²) < 4.78 is 0. The second-order valence-electron chi connectivity index (χ2n) is 6.48. The maximum Gasteiger partial charge on any atom is 0.245 e. The molecule has 0 bridgehead atoms. The molecule has 2 amide bonds. The van der Waals surface area contributed by atoms with Crippen molar-refractivity contribution in [3.05, 3.63) is 0 Å². The molecule has 0 spiro atoms. The van der Waals surface area contributed by atoms with Crippen molar-refractivity contribution in [2.45, 2.75) is 59.5 Å². The van der Waals surface area contributed by atoms with Crippen LogP contribution in [0, 0.1) is 5.41 Å². The Morgan fingerprint density at radius 3 is 2.60 bits per heavy atom. The molecule has 1 heterocycles. The molecule has 20 heavy (non-hydrogen) atoms. The van der Waals surface area contributed by atoms with Crippen LogP contribution < -0.4 is 5.32 Å². The van der Waals surface area contributed by atoms with Crippen molar-refractivity contribution in [1.29, 1.82) is 0 Å². The van der Waals surface area contributed by atoms with Gasteiger partial charge in [-0.3, -0.25) is 9.59 Å². The molecule has 0 aliphatic carbocycles. The maximum atomic E-state index is 12.7. The smallest absolute Gasteiger partial charge is 0.245 e. The van der Waals surface area contributed by atoms with Gasteiger partial charge in [0.05, 0.1) is 0 Å². The number of rotatable bonds is 5. The van der Waals surface area contributed by atoms with E-state index in [4.69, 9.17) is 0 Å². The number of nitrogens with one attached hydrogen (secondary N) is 1. The molecule has 0 saturated carbocycles. The van der Waals surface area contributed by atoms with E-state index in [0.29, 0.717) is 13.0 Å². The van der Waals surface area contributed by atoms with Crippen LogP contribution in [-0.2, 0) is 9.59 Å². The van der Waals surface area contributed by atoms with E-state index in [0.717, 1.165) is 17.9 Å². The molecule has 1 N–H and O–H groups in total. The first kappa shape index (κ1) is 17.3. The van der Waals surface area contributed by atoms with Gasteiger partial charge in [-0.2, -0.15) is 11.8 Å². The Morgan fingerprint density at radius 2 is 2.05 bits per heavy atom. The fourth-order valence-corrected chi connectivity index (χ4v) is 3.17. The normalized spacial score (nSPS) is 22.4. The van der Waals surface area contributed by atoms with Gasteiger partial charge in [-0.05, 0) is 30.3 Å².